The quantitative estimate of drug-likeness (QED) is 0.163. The Hall–Kier alpha value is -4.18. The first-order valence-electron chi connectivity index (χ1n) is 16.0. The van der Waals surface area contributed by atoms with Crippen LogP contribution in [-0.4, -0.2) is 9.55 Å². The maximum Gasteiger partial charge on any atom is 0.217 e. The molecule has 0 bridgehead atoms. The Morgan fingerprint density at radius 2 is 1.72 bits per heavy atom. The number of aromatic nitrogens is 3. The number of imidazole rings is 1. The molecular formula is C39H42N3O+. The van der Waals surface area contributed by atoms with Crippen molar-refractivity contribution in [1.82, 2.24) is 9.55 Å². The summed E-state index contributed by atoms with van der Waals surface area (Å²) in [5, 5.41) is 2.39. The van der Waals surface area contributed by atoms with Crippen molar-refractivity contribution in [2.24, 2.45) is 5.92 Å². The normalized spacial score (nSPS) is 16.5. The number of hydrogen-bond donors (Lipinski definition) is 0. The first kappa shape index (κ1) is 27.6. The summed E-state index contributed by atoms with van der Waals surface area (Å²) in [6.07, 6.45) is 10.7. The number of benzene rings is 3. The Bertz CT molecular complexity index is 1930. The van der Waals surface area contributed by atoms with Crippen molar-refractivity contribution >= 4 is 21.9 Å². The van der Waals surface area contributed by atoms with E-state index in [0.29, 0.717) is 12.0 Å². The molecule has 3 aromatic heterocycles. The molecule has 0 spiro atoms. The van der Waals surface area contributed by atoms with Crippen molar-refractivity contribution in [3.63, 3.8) is 0 Å². The Morgan fingerprint density at radius 1 is 0.930 bits per heavy atom. The van der Waals surface area contributed by atoms with E-state index in [9.17, 15) is 0 Å². The molecule has 3 atom stereocenters. The Morgan fingerprint density at radius 3 is 2.53 bits per heavy atom. The van der Waals surface area contributed by atoms with Crippen molar-refractivity contribution < 1.29 is 8.98 Å². The topological polar surface area (TPSA) is 34.8 Å². The molecule has 3 aromatic carbocycles. The van der Waals surface area contributed by atoms with Gasteiger partial charge in [0.15, 0.2) is 12.2 Å². The van der Waals surface area contributed by atoms with E-state index >= 15 is 0 Å². The molecule has 0 N–H and O–H groups in total. The first-order valence-corrected chi connectivity index (χ1v) is 16.0. The van der Waals surface area contributed by atoms with E-state index in [1.807, 2.05) is 6.20 Å². The maximum atomic E-state index is 6.53. The fourth-order valence-corrected chi connectivity index (χ4v) is 7.88. The monoisotopic (exact) mass is 568 g/mol. The third-order valence-corrected chi connectivity index (χ3v) is 10.3. The SMILES string of the molecule is CCC(CCC1c2ccc3c(oc4ccccc43)c2-c2cccc[n+]21)C(C)(CC)c1ccccc1-c1nccn1C(C)C. The Labute approximate surface area is 255 Å². The summed E-state index contributed by atoms with van der Waals surface area (Å²) in [6, 6.07) is 29.3. The molecule has 4 nitrogen and oxygen atoms in total. The van der Waals surface area contributed by atoms with Crippen LogP contribution in [0.25, 0.3) is 44.6 Å². The molecule has 0 amide bonds. The highest BCUT2D eigenvalue weighted by atomic mass is 16.3. The summed E-state index contributed by atoms with van der Waals surface area (Å²) >= 11 is 0. The van der Waals surface area contributed by atoms with Gasteiger partial charge in [-0.15, -0.1) is 0 Å². The lowest BCUT2D eigenvalue weighted by Crippen LogP contribution is -2.39. The van der Waals surface area contributed by atoms with Crippen molar-refractivity contribution in [3.05, 3.63) is 109 Å². The molecule has 3 unspecified atom stereocenters. The zero-order valence-electron chi connectivity index (χ0n) is 26.0. The summed E-state index contributed by atoms with van der Waals surface area (Å²) in [5.74, 6) is 1.59. The lowest BCUT2D eigenvalue weighted by atomic mass is 9.65. The molecule has 1 aliphatic heterocycles. The van der Waals surface area contributed by atoms with Crippen LogP contribution in [0.5, 0.6) is 0 Å². The van der Waals surface area contributed by atoms with Crippen LogP contribution in [-0.2, 0) is 5.41 Å². The average molecular weight is 569 g/mol. The zero-order valence-corrected chi connectivity index (χ0v) is 26.0. The number of pyridine rings is 1. The van der Waals surface area contributed by atoms with E-state index in [4.69, 9.17) is 9.40 Å². The van der Waals surface area contributed by atoms with Crippen LogP contribution < -0.4 is 4.57 Å². The van der Waals surface area contributed by atoms with Crippen molar-refractivity contribution in [2.75, 3.05) is 0 Å². The molecular weight excluding hydrogens is 526 g/mol. The van der Waals surface area contributed by atoms with Crippen molar-refractivity contribution in [2.45, 2.75) is 77.8 Å². The minimum Gasteiger partial charge on any atom is -0.455 e. The largest absolute Gasteiger partial charge is 0.455 e. The third kappa shape index (κ3) is 4.33. The van der Waals surface area contributed by atoms with Gasteiger partial charge < -0.3 is 8.98 Å². The molecule has 0 aliphatic carbocycles. The summed E-state index contributed by atoms with van der Waals surface area (Å²) in [7, 11) is 0. The van der Waals surface area contributed by atoms with E-state index < -0.39 is 0 Å². The molecule has 1 aliphatic rings. The molecule has 4 heteroatoms. The minimum atomic E-state index is 0.0212. The number of rotatable bonds is 9. The van der Waals surface area contributed by atoms with E-state index in [0.717, 1.165) is 42.7 Å². The number of hydrogen-bond acceptors (Lipinski definition) is 2. The van der Waals surface area contributed by atoms with Gasteiger partial charge in [0, 0.05) is 58.9 Å². The Kier molecular flexibility index (Phi) is 6.96. The van der Waals surface area contributed by atoms with Gasteiger partial charge in [0.1, 0.15) is 17.0 Å². The molecule has 43 heavy (non-hydrogen) atoms. The molecule has 218 valence electrons. The Balaban J connectivity index is 1.26. The summed E-state index contributed by atoms with van der Waals surface area (Å²) in [6.45, 7) is 11.7. The van der Waals surface area contributed by atoms with Crippen LogP contribution >= 0.6 is 0 Å². The molecule has 0 saturated heterocycles. The van der Waals surface area contributed by atoms with Gasteiger partial charge in [-0.25, -0.2) is 4.98 Å². The third-order valence-electron chi connectivity index (χ3n) is 10.3. The summed E-state index contributed by atoms with van der Waals surface area (Å²) < 4.78 is 11.3. The lowest BCUT2D eigenvalue weighted by Gasteiger charge is -2.39. The van der Waals surface area contributed by atoms with Crippen LogP contribution in [0.15, 0.2) is 102 Å². The highest BCUT2D eigenvalue weighted by molar-refractivity contribution is 6.10. The number of nitrogens with zero attached hydrogens (tertiary/aromatic N) is 3. The summed E-state index contributed by atoms with van der Waals surface area (Å²) in [4.78, 5) is 4.85. The van der Waals surface area contributed by atoms with Gasteiger partial charge in [-0.05, 0) is 61.8 Å². The predicted molar refractivity (Wildman–Crippen MR) is 176 cm³/mol. The molecule has 0 saturated carbocycles. The predicted octanol–water partition coefficient (Wildman–Crippen LogP) is 10.1. The van der Waals surface area contributed by atoms with E-state index in [2.05, 4.69) is 135 Å². The highest BCUT2D eigenvalue weighted by Gasteiger charge is 2.41. The van der Waals surface area contributed by atoms with Gasteiger partial charge in [0.05, 0.1) is 5.56 Å². The van der Waals surface area contributed by atoms with E-state index in [1.54, 1.807) is 0 Å². The van der Waals surface area contributed by atoms with Crippen LogP contribution in [0.2, 0.25) is 0 Å². The molecule has 6 aromatic rings. The smallest absolute Gasteiger partial charge is 0.217 e. The zero-order chi connectivity index (χ0) is 29.7. The van der Waals surface area contributed by atoms with E-state index in [-0.39, 0.29) is 11.5 Å². The minimum absolute atomic E-state index is 0.0212. The first-order chi connectivity index (χ1) is 21.0. The maximum absolute atomic E-state index is 6.53. The fraction of sp³-hybridized carbons (Fsp3) is 0.333. The average Bonchev–Trinajstić information content (AvgIpc) is 3.75. The van der Waals surface area contributed by atoms with Gasteiger partial charge in [-0.1, -0.05) is 75.7 Å². The van der Waals surface area contributed by atoms with Crippen LogP contribution in [0, 0.1) is 5.92 Å². The van der Waals surface area contributed by atoms with Gasteiger partial charge in [0.25, 0.3) is 0 Å². The van der Waals surface area contributed by atoms with Crippen LogP contribution in [0.3, 0.4) is 0 Å². The molecule has 0 fully saturated rings. The number of fused-ring (bicyclic) bond motifs is 7. The number of furan rings is 1. The molecule has 7 rings (SSSR count). The van der Waals surface area contributed by atoms with Crippen LogP contribution in [0.4, 0.5) is 0 Å². The van der Waals surface area contributed by atoms with Crippen LogP contribution in [0.1, 0.15) is 83.5 Å². The van der Waals surface area contributed by atoms with Crippen molar-refractivity contribution in [1.29, 1.82) is 0 Å². The summed E-state index contributed by atoms with van der Waals surface area (Å²) in [5.41, 5.74) is 8.57. The molecule has 0 radical (unpaired) electrons. The second-order valence-electron chi connectivity index (χ2n) is 12.8. The van der Waals surface area contributed by atoms with Crippen molar-refractivity contribution in [3.8, 4) is 22.6 Å². The van der Waals surface area contributed by atoms with E-state index in [1.165, 1.54) is 38.7 Å². The second kappa shape index (κ2) is 10.8. The molecule has 4 heterocycles. The standard InChI is InChI=1S/C39H42N3O/c1-6-27(39(5,7-2)32-16-10-8-15-30(32)38-40-23-25-41(38)26(3)4)19-22-33-31-21-20-29-28-14-9-11-18-35(28)43-37(29)36(31)34-17-12-13-24-42(33)34/h8-18,20-21,23-27,33H,6-7,19,22H2,1-5H3/q+1. The van der Waals surface area contributed by atoms with Gasteiger partial charge >= 0.3 is 0 Å². The van der Waals surface area contributed by atoms with Gasteiger partial charge in [-0.3, -0.25) is 0 Å². The lowest BCUT2D eigenvalue weighted by molar-refractivity contribution is -0.698. The number of para-hydroxylation sites is 1. The van der Waals surface area contributed by atoms with Gasteiger partial charge in [-0.2, -0.15) is 4.57 Å². The highest BCUT2D eigenvalue weighted by Crippen LogP contribution is 2.47. The second-order valence-corrected chi connectivity index (χ2v) is 12.8. The fourth-order valence-electron chi connectivity index (χ4n) is 7.88. The van der Waals surface area contributed by atoms with Gasteiger partial charge in [0.2, 0.25) is 5.69 Å².